The number of carbonyl (C=O) groups is 1. The maximum absolute atomic E-state index is 12.3. The third-order valence-corrected chi connectivity index (χ3v) is 7.20. The number of benzene rings is 2. The molecule has 0 amide bonds. The minimum atomic E-state index is -3.24. The van der Waals surface area contributed by atoms with Crippen molar-refractivity contribution in [2.45, 2.75) is 48.9 Å². The van der Waals surface area contributed by atoms with Crippen LogP contribution < -0.4 is 9.47 Å². The first-order valence-electron chi connectivity index (χ1n) is 9.16. The second-order valence-corrected chi connectivity index (χ2v) is 10.0. The second kappa shape index (κ2) is 6.51. The lowest BCUT2D eigenvalue weighted by molar-refractivity contribution is 0.0599. The molecule has 2 aromatic rings. The molecule has 0 spiro atoms. The van der Waals surface area contributed by atoms with Crippen molar-refractivity contribution in [1.82, 2.24) is 0 Å². The van der Waals surface area contributed by atoms with Crippen molar-refractivity contribution < 1.29 is 27.4 Å². The Kier molecular flexibility index (Phi) is 4.38. The molecular formula is C21H22O6S. The molecule has 0 aromatic heterocycles. The molecule has 2 aliphatic rings. The zero-order valence-electron chi connectivity index (χ0n) is 16.0. The Morgan fingerprint density at radius 1 is 1.14 bits per heavy atom. The zero-order valence-corrected chi connectivity index (χ0v) is 16.8. The summed E-state index contributed by atoms with van der Waals surface area (Å²) in [7, 11) is -1.92. The number of esters is 1. The quantitative estimate of drug-likeness (QED) is 0.706. The van der Waals surface area contributed by atoms with Gasteiger partial charge >= 0.3 is 5.97 Å². The first kappa shape index (κ1) is 18.8. The summed E-state index contributed by atoms with van der Waals surface area (Å²) in [6.07, 6.45) is 2.08. The molecule has 148 valence electrons. The van der Waals surface area contributed by atoms with Gasteiger partial charge in [-0.15, -0.1) is 0 Å². The van der Waals surface area contributed by atoms with Gasteiger partial charge in [-0.1, -0.05) is 0 Å². The molecule has 0 atom stereocenters. The van der Waals surface area contributed by atoms with Crippen LogP contribution in [-0.4, -0.2) is 32.3 Å². The van der Waals surface area contributed by atoms with Gasteiger partial charge in [-0.3, -0.25) is 0 Å². The molecule has 0 saturated heterocycles. The monoisotopic (exact) mass is 402 g/mol. The molecule has 0 N–H and O–H groups in total. The van der Waals surface area contributed by atoms with E-state index in [-0.39, 0.29) is 5.25 Å². The van der Waals surface area contributed by atoms with Crippen LogP contribution in [0.4, 0.5) is 0 Å². The lowest BCUT2D eigenvalue weighted by Gasteiger charge is -2.16. The molecule has 2 aromatic carbocycles. The van der Waals surface area contributed by atoms with Crippen LogP contribution in [-0.2, 0) is 21.0 Å². The maximum atomic E-state index is 12.3. The number of ether oxygens (including phenoxy) is 3. The third-order valence-electron chi connectivity index (χ3n) is 4.92. The number of rotatable bonds is 5. The van der Waals surface area contributed by atoms with E-state index in [0.717, 1.165) is 18.4 Å². The summed E-state index contributed by atoms with van der Waals surface area (Å²) in [6, 6.07) is 9.68. The Balaban J connectivity index is 1.66. The molecule has 1 heterocycles. The molecule has 1 aliphatic heterocycles. The van der Waals surface area contributed by atoms with Gasteiger partial charge in [0.15, 0.2) is 9.84 Å². The zero-order chi connectivity index (χ0) is 20.1. The fraction of sp³-hybridized carbons (Fsp3) is 0.381. The summed E-state index contributed by atoms with van der Waals surface area (Å²) < 4.78 is 41.4. The summed E-state index contributed by atoms with van der Waals surface area (Å²) in [4.78, 5) is 12.3. The van der Waals surface area contributed by atoms with Gasteiger partial charge in [-0.2, -0.15) is 0 Å². The molecule has 0 radical (unpaired) electrons. The number of methoxy groups -OCH3 is 1. The Hall–Kier alpha value is -2.54. The topological polar surface area (TPSA) is 78.9 Å². The molecule has 7 heteroatoms. The summed E-state index contributed by atoms with van der Waals surface area (Å²) in [5.74, 6) is 1.10. The van der Waals surface area contributed by atoms with Crippen molar-refractivity contribution in [1.29, 1.82) is 0 Å². The molecule has 1 saturated carbocycles. The molecular weight excluding hydrogens is 380 g/mol. The maximum Gasteiger partial charge on any atom is 0.338 e. The van der Waals surface area contributed by atoms with E-state index in [1.807, 2.05) is 13.8 Å². The summed E-state index contributed by atoms with van der Waals surface area (Å²) in [5, 5.41) is -0.251. The predicted molar refractivity (Wildman–Crippen MR) is 103 cm³/mol. The van der Waals surface area contributed by atoms with Gasteiger partial charge in [0.2, 0.25) is 0 Å². The smallest absolute Gasteiger partial charge is 0.338 e. The third kappa shape index (κ3) is 3.46. The highest BCUT2D eigenvalue weighted by Gasteiger charge is 2.37. The molecule has 1 fully saturated rings. The Bertz CT molecular complexity index is 1030. The van der Waals surface area contributed by atoms with Crippen LogP contribution in [0.2, 0.25) is 0 Å². The van der Waals surface area contributed by atoms with Gasteiger partial charge < -0.3 is 14.2 Å². The number of fused-ring (bicyclic) bond motifs is 1. The van der Waals surface area contributed by atoms with E-state index in [2.05, 4.69) is 0 Å². The first-order chi connectivity index (χ1) is 13.2. The van der Waals surface area contributed by atoms with Crippen molar-refractivity contribution in [3.63, 3.8) is 0 Å². The molecule has 6 nitrogen and oxygen atoms in total. The van der Waals surface area contributed by atoms with E-state index in [1.54, 1.807) is 36.4 Å². The number of hydrogen-bond donors (Lipinski definition) is 0. The first-order valence-corrected chi connectivity index (χ1v) is 10.7. The Morgan fingerprint density at radius 3 is 2.43 bits per heavy atom. The lowest BCUT2D eigenvalue weighted by Crippen LogP contribution is -2.24. The number of carbonyl (C=O) groups excluding carboxylic acids is 1. The lowest BCUT2D eigenvalue weighted by atomic mass is 10.00. The van der Waals surface area contributed by atoms with Crippen molar-refractivity contribution in [3.8, 4) is 17.2 Å². The highest BCUT2D eigenvalue weighted by molar-refractivity contribution is 7.92. The van der Waals surface area contributed by atoms with Crippen LogP contribution in [0.3, 0.4) is 0 Å². The van der Waals surface area contributed by atoms with Gasteiger partial charge in [-0.25, -0.2) is 13.2 Å². The molecule has 1 aliphatic carbocycles. The SMILES string of the molecule is COC(=O)c1cc(Oc2ccc(S(=O)(=O)C3CC3)cc2)c2c(c1)OC(C)(C)C2. The van der Waals surface area contributed by atoms with E-state index in [0.29, 0.717) is 34.1 Å². The average Bonchev–Trinajstić information content (AvgIpc) is 3.45. The van der Waals surface area contributed by atoms with E-state index < -0.39 is 21.4 Å². The van der Waals surface area contributed by atoms with Gasteiger partial charge in [-0.05, 0) is 63.1 Å². The van der Waals surface area contributed by atoms with Crippen LogP contribution in [0.15, 0.2) is 41.3 Å². The summed E-state index contributed by atoms with van der Waals surface area (Å²) in [6.45, 7) is 3.93. The van der Waals surface area contributed by atoms with Crippen molar-refractivity contribution >= 4 is 15.8 Å². The van der Waals surface area contributed by atoms with E-state index in [4.69, 9.17) is 14.2 Å². The van der Waals surface area contributed by atoms with Gasteiger partial charge in [0.1, 0.15) is 22.8 Å². The van der Waals surface area contributed by atoms with Crippen LogP contribution in [0, 0.1) is 0 Å². The predicted octanol–water partition coefficient (Wildman–Crippen LogP) is 3.92. The van der Waals surface area contributed by atoms with Crippen LogP contribution in [0.25, 0.3) is 0 Å². The number of sulfone groups is 1. The summed E-state index contributed by atoms with van der Waals surface area (Å²) >= 11 is 0. The fourth-order valence-electron chi connectivity index (χ4n) is 3.37. The van der Waals surface area contributed by atoms with Crippen LogP contribution >= 0.6 is 0 Å². The Labute approximate surface area is 164 Å². The second-order valence-electron chi connectivity index (χ2n) is 7.80. The molecule has 0 bridgehead atoms. The van der Waals surface area contributed by atoms with Crippen molar-refractivity contribution in [2.75, 3.05) is 7.11 Å². The fourth-order valence-corrected chi connectivity index (χ4v) is 5.02. The molecule has 0 unspecified atom stereocenters. The van der Waals surface area contributed by atoms with Crippen molar-refractivity contribution in [2.24, 2.45) is 0 Å². The van der Waals surface area contributed by atoms with Crippen LogP contribution in [0.5, 0.6) is 17.2 Å². The van der Waals surface area contributed by atoms with E-state index >= 15 is 0 Å². The van der Waals surface area contributed by atoms with Crippen molar-refractivity contribution in [3.05, 3.63) is 47.5 Å². The highest BCUT2D eigenvalue weighted by atomic mass is 32.2. The summed E-state index contributed by atoms with van der Waals surface area (Å²) in [5.41, 5.74) is 0.798. The van der Waals surface area contributed by atoms with Gasteiger partial charge in [0.05, 0.1) is 22.8 Å². The largest absolute Gasteiger partial charge is 0.487 e. The molecule has 4 rings (SSSR count). The van der Waals surface area contributed by atoms with Gasteiger partial charge in [0, 0.05) is 12.0 Å². The van der Waals surface area contributed by atoms with E-state index in [9.17, 15) is 13.2 Å². The van der Waals surface area contributed by atoms with Gasteiger partial charge in [0.25, 0.3) is 0 Å². The normalized spacial score (nSPS) is 17.5. The average molecular weight is 402 g/mol. The standard InChI is InChI=1S/C21H22O6S/c1-21(2)12-17-18(10-13(20(22)25-3)11-19(17)27-21)26-14-4-6-15(7-5-14)28(23,24)16-8-9-16/h4-7,10-11,16H,8-9,12H2,1-3H3. The minimum absolute atomic E-state index is 0.251. The number of hydrogen-bond acceptors (Lipinski definition) is 6. The van der Waals surface area contributed by atoms with E-state index in [1.165, 1.54) is 7.11 Å². The highest BCUT2D eigenvalue weighted by Crippen LogP contribution is 2.43. The Morgan fingerprint density at radius 2 is 1.82 bits per heavy atom. The van der Waals surface area contributed by atoms with Crippen LogP contribution in [0.1, 0.15) is 42.6 Å². The minimum Gasteiger partial charge on any atom is -0.487 e. The molecule has 28 heavy (non-hydrogen) atoms.